The first kappa shape index (κ1) is 20.9. The molecule has 3 unspecified atom stereocenters. The number of thiol groups is 1. The maximum Gasteiger partial charge on any atom is 0.245 e. The summed E-state index contributed by atoms with van der Waals surface area (Å²) < 4.78 is 27.5. The van der Waals surface area contributed by atoms with Crippen LogP contribution in [0.5, 0.6) is 0 Å². The second kappa shape index (κ2) is 10.0. The van der Waals surface area contributed by atoms with Gasteiger partial charge in [0, 0.05) is 18.8 Å². The van der Waals surface area contributed by atoms with E-state index in [1.165, 1.54) is 20.2 Å². The standard InChI is InChI=1S/C12H22N3O7PS/c1-6(11(13)18)3-15-12-10(20-5-8(17)14-2)9(22-23(19)24)7(4-16)21-12/h3,7,9-10,12,15-16,23H,4-5H2,1-2H3,(H2,13,18)(H,14,17)(H,19,24)/b6-3-/t7-,9?,10?,12-/m1/s1. The largest absolute Gasteiger partial charge is 0.394 e. The molecule has 0 saturated carbocycles. The summed E-state index contributed by atoms with van der Waals surface area (Å²) in [5.41, 5.74) is 5.37. The van der Waals surface area contributed by atoms with Gasteiger partial charge in [0.05, 0.1) is 6.61 Å². The minimum Gasteiger partial charge on any atom is -0.394 e. The third kappa shape index (κ3) is 6.08. The van der Waals surface area contributed by atoms with Crippen LogP contribution in [0.25, 0.3) is 0 Å². The molecule has 1 fully saturated rings. The molecule has 0 radical (unpaired) electrons. The predicted octanol–water partition coefficient (Wildman–Crippen LogP) is -1.48. The van der Waals surface area contributed by atoms with Crippen molar-refractivity contribution in [3.63, 3.8) is 0 Å². The normalized spacial score (nSPS) is 28.4. The topological polar surface area (TPSA) is 149 Å². The Labute approximate surface area is 145 Å². The van der Waals surface area contributed by atoms with E-state index < -0.39 is 44.3 Å². The minimum absolute atomic E-state index is 0.233. The SMILES string of the molecule is CNC(=O)COC1C(O[PH](=O)S)[C@@H](CO)O[C@H]1N/C=C(/C)C(N)=O. The summed E-state index contributed by atoms with van der Waals surface area (Å²) in [6, 6.07) is 0. The molecule has 24 heavy (non-hydrogen) atoms. The Morgan fingerprint density at radius 1 is 1.46 bits per heavy atom. The number of ether oxygens (including phenoxy) is 2. The van der Waals surface area contributed by atoms with Gasteiger partial charge in [-0.25, -0.2) is 0 Å². The lowest BCUT2D eigenvalue weighted by molar-refractivity contribution is -0.130. The fraction of sp³-hybridized carbons (Fsp3) is 0.667. The lowest BCUT2D eigenvalue weighted by Crippen LogP contribution is -2.43. The van der Waals surface area contributed by atoms with Gasteiger partial charge in [-0.1, -0.05) is 12.2 Å². The van der Waals surface area contributed by atoms with Crippen LogP contribution in [0.4, 0.5) is 0 Å². The lowest BCUT2D eigenvalue weighted by atomic mass is 10.1. The van der Waals surface area contributed by atoms with E-state index in [1.54, 1.807) is 0 Å². The Bertz CT molecular complexity index is 519. The van der Waals surface area contributed by atoms with Crippen LogP contribution in [0, 0.1) is 0 Å². The van der Waals surface area contributed by atoms with Gasteiger partial charge in [0.25, 0.3) is 0 Å². The monoisotopic (exact) mass is 383 g/mol. The first-order chi connectivity index (χ1) is 11.3. The number of nitrogens with two attached hydrogens (primary N) is 1. The molecule has 2 amide bonds. The van der Waals surface area contributed by atoms with Gasteiger partial charge in [-0.2, -0.15) is 0 Å². The summed E-state index contributed by atoms with van der Waals surface area (Å²) >= 11 is 3.72. The molecule has 0 aliphatic carbocycles. The number of carbonyl (C=O) groups is 2. The molecule has 5 N–H and O–H groups in total. The zero-order chi connectivity index (χ0) is 18.3. The molecule has 5 atom stereocenters. The van der Waals surface area contributed by atoms with Crippen LogP contribution in [-0.4, -0.2) is 61.7 Å². The van der Waals surface area contributed by atoms with Gasteiger partial charge in [-0.05, 0) is 6.92 Å². The molecule has 1 aliphatic heterocycles. The molecule has 0 spiro atoms. The van der Waals surface area contributed by atoms with E-state index in [1.807, 2.05) is 0 Å². The first-order valence-corrected chi connectivity index (χ1v) is 9.61. The second-order valence-electron chi connectivity index (χ2n) is 4.93. The van der Waals surface area contributed by atoms with E-state index in [2.05, 4.69) is 22.9 Å². The van der Waals surface area contributed by atoms with Gasteiger partial charge in [-0.15, -0.1) is 0 Å². The van der Waals surface area contributed by atoms with E-state index in [0.717, 1.165) is 0 Å². The number of hydrogen-bond acceptors (Lipinski definition) is 8. The third-order valence-electron chi connectivity index (χ3n) is 3.27. The summed E-state index contributed by atoms with van der Waals surface area (Å²) in [4.78, 5) is 22.4. The molecule has 1 rings (SSSR count). The molecule has 0 aromatic rings. The summed E-state index contributed by atoms with van der Waals surface area (Å²) in [5.74, 6) is -1.02. The Balaban J connectivity index is 2.91. The predicted molar refractivity (Wildman–Crippen MR) is 88.5 cm³/mol. The summed E-state index contributed by atoms with van der Waals surface area (Å²) in [5, 5.41) is 14.6. The van der Waals surface area contributed by atoms with E-state index >= 15 is 0 Å². The van der Waals surface area contributed by atoms with E-state index in [0.29, 0.717) is 0 Å². The number of primary amides is 1. The molecule has 0 aromatic carbocycles. The number of rotatable bonds is 9. The number of carbonyl (C=O) groups excluding carboxylic acids is 2. The van der Waals surface area contributed by atoms with Crippen LogP contribution in [0.15, 0.2) is 11.8 Å². The van der Waals surface area contributed by atoms with Crippen LogP contribution in [-0.2, 0) is 28.2 Å². The smallest absolute Gasteiger partial charge is 0.245 e. The van der Waals surface area contributed by atoms with Crippen molar-refractivity contribution in [2.75, 3.05) is 20.3 Å². The van der Waals surface area contributed by atoms with Crippen molar-refractivity contribution in [3.05, 3.63) is 11.8 Å². The summed E-state index contributed by atoms with van der Waals surface area (Å²) in [7, 11) is -1.20. The van der Waals surface area contributed by atoms with Crippen LogP contribution in [0.1, 0.15) is 6.92 Å². The van der Waals surface area contributed by atoms with Gasteiger partial charge in [0.15, 0.2) is 6.23 Å². The van der Waals surface area contributed by atoms with Gasteiger partial charge >= 0.3 is 0 Å². The maximum atomic E-state index is 11.4. The number of aliphatic hydroxyl groups excluding tert-OH is 1. The Kier molecular flexibility index (Phi) is 8.74. The second-order valence-corrected chi connectivity index (χ2v) is 6.80. The highest BCUT2D eigenvalue weighted by Gasteiger charge is 2.46. The lowest BCUT2D eigenvalue weighted by Gasteiger charge is -2.23. The summed E-state index contributed by atoms with van der Waals surface area (Å²) in [6.07, 6.45) is -2.17. The maximum absolute atomic E-state index is 11.4. The van der Waals surface area contributed by atoms with Crippen molar-refractivity contribution in [2.24, 2.45) is 5.73 Å². The summed E-state index contributed by atoms with van der Waals surface area (Å²) in [6.45, 7) is 0.769. The van der Waals surface area contributed by atoms with E-state index in [9.17, 15) is 19.3 Å². The zero-order valence-corrected chi connectivity index (χ0v) is 15.1. The molecule has 10 nitrogen and oxygen atoms in total. The Morgan fingerprint density at radius 2 is 2.12 bits per heavy atom. The number of hydrogen-bond donors (Lipinski definition) is 5. The third-order valence-corrected chi connectivity index (χ3v) is 4.06. The highest BCUT2D eigenvalue weighted by atomic mass is 32.7. The molecular formula is C12H22N3O7PS. The molecule has 1 saturated heterocycles. The molecule has 0 aromatic heterocycles. The molecule has 12 heteroatoms. The fourth-order valence-corrected chi connectivity index (χ4v) is 2.86. The number of amides is 2. The first-order valence-electron chi connectivity index (χ1n) is 7.00. The van der Waals surface area contributed by atoms with Crippen molar-refractivity contribution in [3.8, 4) is 0 Å². The Morgan fingerprint density at radius 3 is 2.62 bits per heavy atom. The van der Waals surface area contributed by atoms with Gasteiger partial charge < -0.3 is 35.5 Å². The van der Waals surface area contributed by atoms with Gasteiger partial charge in [0.1, 0.15) is 24.9 Å². The average Bonchev–Trinajstić information content (AvgIpc) is 2.86. The van der Waals surface area contributed by atoms with E-state index in [4.69, 9.17) is 19.7 Å². The Hall–Kier alpha value is -1.10. The van der Waals surface area contributed by atoms with Crippen molar-refractivity contribution >= 4 is 31.3 Å². The molecule has 138 valence electrons. The molecule has 1 heterocycles. The average molecular weight is 383 g/mol. The fourth-order valence-electron chi connectivity index (χ4n) is 1.97. The van der Waals surface area contributed by atoms with Crippen molar-refractivity contribution in [2.45, 2.75) is 31.5 Å². The number of aliphatic hydroxyl groups is 1. The van der Waals surface area contributed by atoms with Crippen molar-refractivity contribution in [1.29, 1.82) is 0 Å². The minimum atomic E-state index is -2.65. The number of likely N-dealkylation sites (N-methyl/N-ethyl adjacent to an activating group) is 1. The van der Waals surface area contributed by atoms with Gasteiger partial charge in [-0.3, -0.25) is 14.2 Å². The highest BCUT2D eigenvalue weighted by Crippen LogP contribution is 2.36. The van der Waals surface area contributed by atoms with Gasteiger partial charge in [0.2, 0.25) is 19.0 Å². The molecule has 1 aliphatic rings. The van der Waals surface area contributed by atoms with Crippen molar-refractivity contribution in [1.82, 2.24) is 10.6 Å². The zero-order valence-electron chi connectivity index (χ0n) is 13.2. The van der Waals surface area contributed by atoms with Crippen LogP contribution >= 0.6 is 19.5 Å². The quantitative estimate of drug-likeness (QED) is 0.184. The van der Waals surface area contributed by atoms with Crippen LogP contribution in [0.2, 0.25) is 0 Å². The van der Waals surface area contributed by atoms with Crippen LogP contribution < -0.4 is 16.4 Å². The van der Waals surface area contributed by atoms with E-state index in [-0.39, 0.29) is 18.1 Å². The number of nitrogens with one attached hydrogen (secondary N) is 2. The highest BCUT2D eigenvalue weighted by molar-refractivity contribution is 8.39. The van der Waals surface area contributed by atoms with Crippen LogP contribution in [0.3, 0.4) is 0 Å². The van der Waals surface area contributed by atoms with Crippen molar-refractivity contribution < 1.29 is 33.3 Å². The molecule has 0 bridgehead atoms. The molecular weight excluding hydrogens is 361 g/mol.